The molecule has 0 unspecified atom stereocenters. The van der Waals surface area contributed by atoms with E-state index < -0.39 is 0 Å². The lowest BCUT2D eigenvalue weighted by molar-refractivity contribution is -0.0265. The largest absolute Gasteiger partial charge is 0.396 e. The molecule has 0 rings (SSSR count). The third-order valence-electron chi connectivity index (χ3n) is 6.44. The molecule has 0 aromatic carbocycles. The van der Waals surface area contributed by atoms with Crippen LogP contribution < -0.4 is 0 Å². The van der Waals surface area contributed by atoms with E-state index in [-0.39, 0.29) is 6.61 Å². The molecule has 0 fully saturated rings. The number of unbranched alkanes of at least 4 members (excludes halogenated alkanes) is 9. The Hall–Kier alpha value is -0.440. The van der Waals surface area contributed by atoms with E-state index in [1.807, 2.05) is 0 Å². The SMILES string of the molecule is CCCCCCCCCCCCOCCOCCOCCOCCOCCOCCOCCOCCOCCOCCCO. The topological polar surface area (TPSA) is 113 Å². The zero-order valence-corrected chi connectivity index (χ0v) is 28.2. The Kier molecular flexibility index (Phi) is 42.1. The van der Waals surface area contributed by atoms with E-state index in [2.05, 4.69) is 6.92 Å². The van der Waals surface area contributed by atoms with Gasteiger partial charge in [0.15, 0.2) is 0 Å². The van der Waals surface area contributed by atoms with Gasteiger partial charge in [0.1, 0.15) is 0 Å². The van der Waals surface area contributed by atoms with Gasteiger partial charge in [0.05, 0.1) is 119 Å². The van der Waals surface area contributed by atoms with E-state index in [1.54, 1.807) is 0 Å². The second kappa shape index (κ2) is 42.6. The molecule has 0 heterocycles. The van der Waals surface area contributed by atoms with Gasteiger partial charge in [-0.25, -0.2) is 0 Å². The van der Waals surface area contributed by atoms with Crippen molar-refractivity contribution < 1.29 is 52.5 Å². The summed E-state index contributed by atoms with van der Waals surface area (Å²) in [5.74, 6) is 0. The first kappa shape index (κ1) is 43.6. The Labute approximate surface area is 268 Å². The summed E-state index contributed by atoms with van der Waals surface area (Å²) >= 11 is 0. The minimum Gasteiger partial charge on any atom is -0.396 e. The predicted molar refractivity (Wildman–Crippen MR) is 172 cm³/mol. The number of aliphatic hydroxyl groups excluding tert-OH is 1. The molecular weight excluding hydrogens is 572 g/mol. The lowest BCUT2D eigenvalue weighted by Crippen LogP contribution is -2.15. The van der Waals surface area contributed by atoms with Crippen LogP contribution in [-0.2, 0) is 47.4 Å². The van der Waals surface area contributed by atoms with E-state index in [9.17, 15) is 0 Å². The highest BCUT2D eigenvalue weighted by Gasteiger charge is 1.97. The third kappa shape index (κ3) is 41.6. The molecule has 1 N–H and O–H groups in total. The van der Waals surface area contributed by atoms with E-state index >= 15 is 0 Å². The summed E-state index contributed by atoms with van der Waals surface area (Å²) in [5, 5.41) is 8.64. The number of aliphatic hydroxyl groups is 1. The number of hydrogen-bond acceptors (Lipinski definition) is 11. The fraction of sp³-hybridized carbons (Fsp3) is 1.00. The lowest BCUT2D eigenvalue weighted by Gasteiger charge is -2.09. The average molecular weight is 641 g/mol. The summed E-state index contributed by atoms with van der Waals surface area (Å²) in [6.07, 6.45) is 14.1. The van der Waals surface area contributed by atoms with Gasteiger partial charge in [0.2, 0.25) is 0 Å². The summed E-state index contributed by atoms with van der Waals surface area (Å²) in [7, 11) is 0. The normalized spacial score (nSPS) is 11.6. The third-order valence-corrected chi connectivity index (χ3v) is 6.44. The van der Waals surface area contributed by atoms with Gasteiger partial charge >= 0.3 is 0 Å². The monoisotopic (exact) mass is 640 g/mol. The van der Waals surface area contributed by atoms with Gasteiger partial charge in [0, 0.05) is 19.8 Å². The molecule has 0 aliphatic carbocycles. The standard InChI is InChI=1S/C33H68O11/c1-2-3-4-5-6-7-8-9-10-11-14-35-16-18-37-20-22-39-24-26-41-28-30-43-32-33-44-31-29-42-27-25-40-23-21-38-19-17-36-15-12-13-34/h34H,2-33H2,1H3. The van der Waals surface area contributed by atoms with E-state index in [4.69, 9.17) is 52.5 Å². The summed E-state index contributed by atoms with van der Waals surface area (Å²) in [6, 6.07) is 0. The highest BCUT2D eigenvalue weighted by Crippen LogP contribution is 2.10. The molecule has 0 saturated heterocycles. The van der Waals surface area contributed by atoms with Crippen LogP contribution in [0, 0.1) is 0 Å². The van der Waals surface area contributed by atoms with Crippen molar-refractivity contribution in [2.75, 3.05) is 139 Å². The fourth-order valence-electron chi connectivity index (χ4n) is 3.94. The van der Waals surface area contributed by atoms with Crippen LogP contribution in [0.4, 0.5) is 0 Å². The van der Waals surface area contributed by atoms with E-state index in [1.165, 1.54) is 57.8 Å². The quantitative estimate of drug-likeness (QED) is 0.0957. The van der Waals surface area contributed by atoms with Crippen molar-refractivity contribution in [3.63, 3.8) is 0 Å². The van der Waals surface area contributed by atoms with E-state index in [0.717, 1.165) is 13.0 Å². The minimum atomic E-state index is 0.152. The second-order valence-corrected chi connectivity index (χ2v) is 10.4. The molecule has 0 saturated carbocycles. The number of hydrogen-bond donors (Lipinski definition) is 1. The van der Waals surface area contributed by atoms with Gasteiger partial charge < -0.3 is 52.5 Å². The first-order chi connectivity index (χ1) is 21.9. The fourth-order valence-corrected chi connectivity index (χ4v) is 3.94. The highest BCUT2D eigenvalue weighted by molar-refractivity contribution is 4.47. The molecule has 11 nitrogen and oxygen atoms in total. The Morgan fingerprint density at radius 2 is 0.455 bits per heavy atom. The molecule has 266 valence electrons. The number of rotatable bonds is 41. The molecular formula is C33H68O11. The van der Waals surface area contributed by atoms with E-state index in [0.29, 0.717) is 132 Å². The van der Waals surface area contributed by atoms with Crippen LogP contribution in [-0.4, -0.2) is 144 Å². The Bertz CT molecular complexity index is 447. The molecule has 0 bridgehead atoms. The van der Waals surface area contributed by atoms with Crippen molar-refractivity contribution in [3.8, 4) is 0 Å². The molecule has 0 atom stereocenters. The summed E-state index contributed by atoms with van der Waals surface area (Å²) in [4.78, 5) is 0. The smallest absolute Gasteiger partial charge is 0.0701 e. The van der Waals surface area contributed by atoms with Crippen LogP contribution in [0.5, 0.6) is 0 Å². The Balaban J connectivity index is 3.03. The molecule has 0 amide bonds. The van der Waals surface area contributed by atoms with Gasteiger partial charge in [0.25, 0.3) is 0 Å². The Morgan fingerprint density at radius 3 is 0.705 bits per heavy atom. The Morgan fingerprint density at radius 1 is 0.250 bits per heavy atom. The van der Waals surface area contributed by atoms with Crippen molar-refractivity contribution in [1.82, 2.24) is 0 Å². The lowest BCUT2D eigenvalue weighted by atomic mass is 10.1. The molecule has 0 aliphatic heterocycles. The molecule has 0 aliphatic rings. The zero-order chi connectivity index (χ0) is 31.7. The van der Waals surface area contributed by atoms with Gasteiger partial charge in [-0.2, -0.15) is 0 Å². The molecule has 0 aromatic rings. The van der Waals surface area contributed by atoms with Gasteiger partial charge in [-0.3, -0.25) is 0 Å². The first-order valence-corrected chi connectivity index (χ1v) is 17.3. The van der Waals surface area contributed by atoms with Gasteiger partial charge in [-0.1, -0.05) is 64.7 Å². The first-order valence-electron chi connectivity index (χ1n) is 17.3. The highest BCUT2D eigenvalue weighted by atomic mass is 16.6. The summed E-state index contributed by atoms with van der Waals surface area (Å²) in [6.45, 7) is 13.6. The molecule has 0 aromatic heterocycles. The van der Waals surface area contributed by atoms with Crippen molar-refractivity contribution in [1.29, 1.82) is 0 Å². The van der Waals surface area contributed by atoms with Crippen LogP contribution in [0.1, 0.15) is 77.6 Å². The molecule has 44 heavy (non-hydrogen) atoms. The van der Waals surface area contributed by atoms with Crippen molar-refractivity contribution in [2.24, 2.45) is 0 Å². The van der Waals surface area contributed by atoms with Crippen LogP contribution in [0.25, 0.3) is 0 Å². The maximum absolute atomic E-state index is 8.64. The predicted octanol–water partition coefficient (Wildman–Crippen LogP) is 4.46. The molecule has 0 radical (unpaired) electrons. The van der Waals surface area contributed by atoms with Crippen molar-refractivity contribution >= 4 is 0 Å². The zero-order valence-electron chi connectivity index (χ0n) is 28.2. The van der Waals surface area contributed by atoms with Crippen molar-refractivity contribution in [3.05, 3.63) is 0 Å². The van der Waals surface area contributed by atoms with Crippen LogP contribution >= 0.6 is 0 Å². The van der Waals surface area contributed by atoms with Crippen molar-refractivity contribution in [2.45, 2.75) is 77.6 Å². The maximum atomic E-state index is 8.64. The summed E-state index contributed by atoms with van der Waals surface area (Å²) < 4.78 is 54.7. The van der Waals surface area contributed by atoms with Crippen LogP contribution in [0.2, 0.25) is 0 Å². The molecule has 11 heteroatoms. The maximum Gasteiger partial charge on any atom is 0.0701 e. The number of ether oxygens (including phenoxy) is 10. The van der Waals surface area contributed by atoms with Gasteiger partial charge in [-0.05, 0) is 12.8 Å². The van der Waals surface area contributed by atoms with Gasteiger partial charge in [-0.15, -0.1) is 0 Å². The minimum absolute atomic E-state index is 0.152. The van der Waals surface area contributed by atoms with Crippen LogP contribution in [0.15, 0.2) is 0 Å². The summed E-state index contributed by atoms with van der Waals surface area (Å²) in [5.41, 5.74) is 0. The average Bonchev–Trinajstić information content (AvgIpc) is 3.04. The second-order valence-electron chi connectivity index (χ2n) is 10.4. The van der Waals surface area contributed by atoms with Crippen LogP contribution in [0.3, 0.4) is 0 Å². The molecule has 0 spiro atoms.